The summed E-state index contributed by atoms with van der Waals surface area (Å²) in [5.74, 6) is 0.110. The van der Waals surface area contributed by atoms with E-state index < -0.39 is 17.9 Å². The highest BCUT2D eigenvalue weighted by Gasteiger charge is 2.14. The van der Waals surface area contributed by atoms with E-state index in [-0.39, 0.29) is 18.0 Å². The Hall–Kier alpha value is -2.60. The fraction of sp³-hybridized carbons (Fsp3) is 0.188. The van der Waals surface area contributed by atoms with Gasteiger partial charge in [0, 0.05) is 0 Å². The van der Waals surface area contributed by atoms with Gasteiger partial charge in [-0.3, -0.25) is 0 Å². The summed E-state index contributed by atoms with van der Waals surface area (Å²) in [5, 5.41) is 13.8. The monoisotopic (exact) mass is 304 g/mol. The van der Waals surface area contributed by atoms with Gasteiger partial charge in [-0.25, -0.2) is 9.18 Å². The van der Waals surface area contributed by atoms with Crippen LogP contribution in [0.15, 0.2) is 48.5 Å². The summed E-state index contributed by atoms with van der Waals surface area (Å²) in [6.45, 7) is 1.42. The van der Waals surface area contributed by atoms with Crippen molar-refractivity contribution in [2.75, 3.05) is 11.9 Å². The average Bonchev–Trinajstić information content (AvgIpc) is 2.51. The van der Waals surface area contributed by atoms with E-state index in [4.69, 9.17) is 9.84 Å². The molecule has 1 atom stereocenters. The molecule has 0 bridgehead atoms. The molecule has 3 N–H and O–H groups in total. The van der Waals surface area contributed by atoms with Crippen molar-refractivity contribution in [2.24, 2.45) is 0 Å². The van der Waals surface area contributed by atoms with Gasteiger partial charge in [0.25, 0.3) is 0 Å². The molecule has 0 fully saturated rings. The van der Waals surface area contributed by atoms with Crippen molar-refractivity contribution in [3.05, 3.63) is 54.3 Å². The largest absolute Gasteiger partial charge is 0.455 e. The Bertz CT molecular complexity index is 635. The molecule has 22 heavy (non-hydrogen) atoms. The van der Waals surface area contributed by atoms with Crippen molar-refractivity contribution in [2.45, 2.75) is 13.0 Å². The lowest BCUT2D eigenvalue weighted by Gasteiger charge is -2.15. The summed E-state index contributed by atoms with van der Waals surface area (Å²) in [7, 11) is 0. The first-order valence-electron chi connectivity index (χ1n) is 6.80. The quantitative estimate of drug-likeness (QED) is 0.795. The fourth-order valence-electron chi connectivity index (χ4n) is 1.75. The number of rotatable bonds is 5. The van der Waals surface area contributed by atoms with E-state index in [0.29, 0.717) is 5.75 Å². The van der Waals surface area contributed by atoms with Crippen LogP contribution in [0.5, 0.6) is 11.5 Å². The molecule has 2 rings (SSSR count). The third kappa shape index (κ3) is 4.20. The molecule has 0 aliphatic rings. The number of urea groups is 1. The molecule has 1 unspecified atom stereocenters. The molecule has 0 spiro atoms. The summed E-state index contributed by atoms with van der Waals surface area (Å²) in [5.41, 5.74) is -0.0611. The maximum absolute atomic E-state index is 14.0. The lowest BCUT2D eigenvalue weighted by molar-refractivity contribution is 0.229. The van der Waals surface area contributed by atoms with Crippen LogP contribution in [-0.4, -0.2) is 23.8 Å². The van der Waals surface area contributed by atoms with Crippen molar-refractivity contribution in [1.82, 2.24) is 5.32 Å². The predicted octanol–water partition coefficient (Wildman–Crippen LogP) is 3.12. The number of aliphatic hydroxyl groups is 1. The minimum absolute atomic E-state index is 0.0611. The first-order chi connectivity index (χ1) is 10.6. The number of anilines is 1. The highest BCUT2D eigenvalue weighted by molar-refractivity contribution is 5.91. The summed E-state index contributed by atoms with van der Waals surface area (Å²) in [6, 6.07) is 12.1. The van der Waals surface area contributed by atoms with Crippen LogP contribution in [-0.2, 0) is 0 Å². The summed E-state index contributed by atoms with van der Waals surface area (Å²) < 4.78 is 19.6. The molecule has 0 radical (unpaired) electrons. The van der Waals surface area contributed by atoms with Gasteiger partial charge in [0.05, 0.1) is 12.6 Å². The highest BCUT2D eigenvalue weighted by atomic mass is 19.1. The SMILES string of the molecule is CC(CO)NC(=O)Nc1c(F)cccc1Oc1ccccc1. The van der Waals surface area contributed by atoms with E-state index in [2.05, 4.69) is 10.6 Å². The molecule has 6 heteroatoms. The Morgan fingerprint density at radius 3 is 2.64 bits per heavy atom. The van der Waals surface area contributed by atoms with E-state index in [1.54, 1.807) is 37.3 Å². The van der Waals surface area contributed by atoms with E-state index in [1.165, 1.54) is 12.1 Å². The molecule has 2 aromatic carbocycles. The molecular weight excluding hydrogens is 287 g/mol. The van der Waals surface area contributed by atoms with Crippen LogP contribution in [0.25, 0.3) is 0 Å². The Morgan fingerprint density at radius 1 is 1.23 bits per heavy atom. The molecule has 2 amide bonds. The number of carbonyl (C=O) groups excluding carboxylic acids is 1. The van der Waals surface area contributed by atoms with Crippen LogP contribution in [0.2, 0.25) is 0 Å². The van der Waals surface area contributed by atoms with Crippen LogP contribution in [0, 0.1) is 5.82 Å². The van der Waals surface area contributed by atoms with Gasteiger partial charge in [0.2, 0.25) is 0 Å². The maximum atomic E-state index is 14.0. The number of nitrogens with one attached hydrogen (secondary N) is 2. The predicted molar refractivity (Wildman–Crippen MR) is 81.6 cm³/mol. The van der Waals surface area contributed by atoms with Gasteiger partial charge < -0.3 is 20.5 Å². The van der Waals surface area contributed by atoms with Gasteiger partial charge in [-0.05, 0) is 31.2 Å². The lowest BCUT2D eigenvalue weighted by atomic mass is 10.2. The molecule has 5 nitrogen and oxygen atoms in total. The summed E-state index contributed by atoms with van der Waals surface area (Å²) in [6.07, 6.45) is 0. The van der Waals surface area contributed by atoms with Crippen LogP contribution < -0.4 is 15.4 Å². The Labute approximate surface area is 127 Å². The molecule has 0 aliphatic heterocycles. The zero-order valence-electron chi connectivity index (χ0n) is 12.0. The average molecular weight is 304 g/mol. The number of amides is 2. The molecule has 0 saturated heterocycles. The van der Waals surface area contributed by atoms with E-state index in [0.717, 1.165) is 0 Å². The van der Waals surface area contributed by atoms with Crippen molar-refractivity contribution in [3.8, 4) is 11.5 Å². The van der Waals surface area contributed by atoms with Crippen molar-refractivity contribution >= 4 is 11.7 Å². The van der Waals surface area contributed by atoms with Gasteiger partial charge in [0.1, 0.15) is 11.4 Å². The standard InChI is InChI=1S/C16H17FN2O3/c1-11(10-20)18-16(21)19-15-13(17)8-5-9-14(15)22-12-6-3-2-4-7-12/h2-9,11,20H,10H2,1H3,(H2,18,19,21). The molecule has 0 aliphatic carbocycles. The zero-order chi connectivity index (χ0) is 15.9. The molecule has 0 heterocycles. The van der Waals surface area contributed by atoms with Gasteiger partial charge >= 0.3 is 6.03 Å². The first kappa shape index (κ1) is 15.8. The number of benzene rings is 2. The van der Waals surface area contributed by atoms with Crippen LogP contribution >= 0.6 is 0 Å². The molecular formula is C16H17FN2O3. The smallest absolute Gasteiger partial charge is 0.319 e. The molecule has 0 aromatic heterocycles. The van der Waals surface area contributed by atoms with Crippen molar-refractivity contribution < 1.29 is 19.0 Å². The number of aliphatic hydroxyl groups excluding tert-OH is 1. The summed E-state index contributed by atoms with van der Waals surface area (Å²) >= 11 is 0. The fourth-order valence-corrected chi connectivity index (χ4v) is 1.75. The second-order valence-corrected chi connectivity index (χ2v) is 4.71. The number of carbonyl (C=O) groups is 1. The highest BCUT2D eigenvalue weighted by Crippen LogP contribution is 2.31. The topological polar surface area (TPSA) is 70.6 Å². The third-order valence-electron chi connectivity index (χ3n) is 2.84. The molecule has 116 valence electrons. The number of para-hydroxylation sites is 2. The van der Waals surface area contributed by atoms with E-state index >= 15 is 0 Å². The van der Waals surface area contributed by atoms with Gasteiger partial charge in [0.15, 0.2) is 11.6 Å². The second kappa shape index (κ2) is 7.42. The Balaban J connectivity index is 2.18. The number of hydrogen-bond donors (Lipinski definition) is 3. The van der Waals surface area contributed by atoms with Crippen LogP contribution in [0.4, 0.5) is 14.9 Å². The first-order valence-corrected chi connectivity index (χ1v) is 6.80. The number of ether oxygens (including phenoxy) is 1. The zero-order valence-corrected chi connectivity index (χ0v) is 12.0. The maximum Gasteiger partial charge on any atom is 0.319 e. The minimum atomic E-state index is -0.621. The minimum Gasteiger partial charge on any atom is -0.455 e. The Morgan fingerprint density at radius 2 is 1.95 bits per heavy atom. The Kier molecular flexibility index (Phi) is 5.32. The number of halogens is 1. The lowest BCUT2D eigenvalue weighted by Crippen LogP contribution is -2.38. The van der Waals surface area contributed by atoms with Gasteiger partial charge in [-0.1, -0.05) is 24.3 Å². The second-order valence-electron chi connectivity index (χ2n) is 4.71. The van der Waals surface area contributed by atoms with E-state index in [1.807, 2.05) is 6.07 Å². The van der Waals surface area contributed by atoms with E-state index in [9.17, 15) is 9.18 Å². The summed E-state index contributed by atoms with van der Waals surface area (Å²) in [4.78, 5) is 11.8. The van der Waals surface area contributed by atoms with Gasteiger partial charge in [-0.15, -0.1) is 0 Å². The molecule has 0 saturated carbocycles. The normalized spacial score (nSPS) is 11.6. The van der Waals surface area contributed by atoms with Gasteiger partial charge in [-0.2, -0.15) is 0 Å². The van der Waals surface area contributed by atoms with Crippen molar-refractivity contribution in [1.29, 1.82) is 0 Å². The number of hydrogen-bond acceptors (Lipinski definition) is 3. The van der Waals surface area contributed by atoms with Crippen LogP contribution in [0.3, 0.4) is 0 Å². The van der Waals surface area contributed by atoms with Crippen LogP contribution in [0.1, 0.15) is 6.92 Å². The molecule has 2 aromatic rings. The third-order valence-corrected chi connectivity index (χ3v) is 2.84. The van der Waals surface area contributed by atoms with Crippen molar-refractivity contribution in [3.63, 3.8) is 0 Å².